The first kappa shape index (κ1) is 28.0. The van der Waals surface area contributed by atoms with Crippen molar-refractivity contribution >= 4 is 10.0 Å². The van der Waals surface area contributed by atoms with Crippen molar-refractivity contribution in [1.29, 1.82) is 0 Å². The van der Waals surface area contributed by atoms with E-state index in [2.05, 4.69) is 6.92 Å². The maximum absolute atomic E-state index is 14.2. The zero-order chi connectivity index (χ0) is 29.6. The normalized spacial score (nSPS) is 18.9. The average molecular weight is 587 g/mol. The first-order valence-electron chi connectivity index (χ1n) is 14.3. The standard InChI is InChI=1S/C32H34N4O5S/c1-4-23-13-15-24(16-14-23)28-19-29-27(20-34(28)42(39,40)26-17-11-22(3)12-18-26)30(41-5-2)21-33-31(37)35(32(38)36(29)33)25-9-7-6-8-10-25/h6-18,28-29H,4-5,19-21H2,1-3H3/t28-,29?/m0/s1. The summed E-state index contributed by atoms with van der Waals surface area (Å²) in [5.41, 5.74) is 3.20. The van der Waals surface area contributed by atoms with E-state index in [1.807, 2.05) is 44.2 Å². The Labute approximate surface area is 244 Å². The van der Waals surface area contributed by atoms with Crippen molar-refractivity contribution in [2.24, 2.45) is 0 Å². The van der Waals surface area contributed by atoms with Gasteiger partial charge in [0.1, 0.15) is 12.3 Å². The summed E-state index contributed by atoms with van der Waals surface area (Å²) < 4.78 is 40.1. The monoisotopic (exact) mass is 586 g/mol. The molecule has 0 spiro atoms. The van der Waals surface area contributed by atoms with Crippen LogP contribution in [0.2, 0.25) is 0 Å². The van der Waals surface area contributed by atoms with Crippen LogP contribution in [0.1, 0.15) is 49.0 Å². The van der Waals surface area contributed by atoms with Crippen molar-refractivity contribution in [3.05, 3.63) is 128 Å². The number of nitrogens with zero attached hydrogens (tertiary/aromatic N) is 4. The first-order valence-corrected chi connectivity index (χ1v) is 15.7. The van der Waals surface area contributed by atoms with Crippen molar-refractivity contribution in [2.75, 3.05) is 13.2 Å². The molecule has 0 saturated carbocycles. The predicted molar refractivity (Wildman–Crippen MR) is 160 cm³/mol. The molecule has 1 aromatic heterocycles. The van der Waals surface area contributed by atoms with Gasteiger partial charge in [-0.2, -0.15) is 4.31 Å². The number of fused-ring (bicyclic) bond motifs is 3. The third-order valence-electron chi connectivity index (χ3n) is 8.26. The van der Waals surface area contributed by atoms with Crippen molar-refractivity contribution in [1.82, 2.24) is 18.2 Å². The van der Waals surface area contributed by atoms with Gasteiger partial charge in [0.15, 0.2) is 0 Å². The van der Waals surface area contributed by atoms with Crippen molar-refractivity contribution < 1.29 is 13.2 Å². The molecule has 0 aliphatic carbocycles. The lowest BCUT2D eigenvalue weighted by atomic mass is 9.88. The number of hydrogen-bond donors (Lipinski definition) is 0. The lowest BCUT2D eigenvalue weighted by Crippen LogP contribution is -2.48. The van der Waals surface area contributed by atoms with Crippen LogP contribution in [0.25, 0.3) is 5.69 Å². The van der Waals surface area contributed by atoms with E-state index in [1.54, 1.807) is 48.5 Å². The molecule has 3 heterocycles. The molecule has 0 radical (unpaired) electrons. The lowest BCUT2D eigenvalue weighted by Gasteiger charge is -2.43. The summed E-state index contributed by atoms with van der Waals surface area (Å²) >= 11 is 0. The molecule has 0 bridgehead atoms. The van der Waals surface area contributed by atoms with Crippen LogP contribution in [0.15, 0.2) is 105 Å². The Kier molecular flexibility index (Phi) is 7.28. The molecule has 3 aromatic carbocycles. The fourth-order valence-electron chi connectivity index (χ4n) is 6.04. The second-order valence-corrected chi connectivity index (χ2v) is 12.6. The Morgan fingerprint density at radius 3 is 2.17 bits per heavy atom. The SMILES string of the molecule is CCOC1=C2CN(S(=O)(=O)c3ccc(C)cc3)[C@H](c3ccc(CC)cc3)CC2n2c(=O)n(-c3ccccc3)c(=O)n2C1. The Morgan fingerprint density at radius 1 is 0.833 bits per heavy atom. The van der Waals surface area contributed by atoms with Crippen LogP contribution in [0.5, 0.6) is 0 Å². The number of piperidine rings is 1. The summed E-state index contributed by atoms with van der Waals surface area (Å²) in [6, 6.07) is 22.5. The van der Waals surface area contributed by atoms with E-state index >= 15 is 0 Å². The van der Waals surface area contributed by atoms with Crippen molar-refractivity contribution in [3.8, 4) is 5.69 Å². The summed E-state index contributed by atoms with van der Waals surface area (Å²) in [7, 11) is -3.93. The van der Waals surface area contributed by atoms with Crippen molar-refractivity contribution in [2.45, 2.75) is 57.1 Å². The van der Waals surface area contributed by atoms with Crippen LogP contribution < -0.4 is 11.4 Å². The van der Waals surface area contributed by atoms with Crippen LogP contribution in [-0.2, 0) is 27.7 Å². The van der Waals surface area contributed by atoms with Gasteiger partial charge in [0.2, 0.25) is 10.0 Å². The van der Waals surface area contributed by atoms with Gasteiger partial charge in [-0.1, -0.05) is 67.1 Å². The summed E-state index contributed by atoms with van der Waals surface area (Å²) in [6.45, 7) is 6.26. The Bertz CT molecular complexity index is 1870. The molecule has 10 heteroatoms. The second-order valence-electron chi connectivity index (χ2n) is 10.7. The molecule has 1 unspecified atom stereocenters. The molecule has 2 atom stereocenters. The van der Waals surface area contributed by atoms with E-state index < -0.39 is 33.5 Å². The molecule has 9 nitrogen and oxygen atoms in total. The van der Waals surface area contributed by atoms with E-state index in [4.69, 9.17) is 4.74 Å². The summed E-state index contributed by atoms with van der Waals surface area (Å²) in [6.07, 6.45) is 1.12. The zero-order valence-corrected chi connectivity index (χ0v) is 24.8. The maximum Gasteiger partial charge on any atom is 0.352 e. The van der Waals surface area contributed by atoms with Crippen LogP contribution in [0.3, 0.4) is 0 Å². The van der Waals surface area contributed by atoms with Gasteiger partial charge in [-0.3, -0.25) is 0 Å². The molecule has 0 N–H and O–H groups in total. The van der Waals surface area contributed by atoms with Gasteiger partial charge in [0.25, 0.3) is 0 Å². The highest BCUT2D eigenvalue weighted by Gasteiger charge is 2.45. The Morgan fingerprint density at radius 2 is 1.52 bits per heavy atom. The van der Waals surface area contributed by atoms with Gasteiger partial charge in [-0.25, -0.2) is 31.9 Å². The molecule has 1 saturated heterocycles. The van der Waals surface area contributed by atoms with Crippen LogP contribution in [0, 0.1) is 6.92 Å². The van der Waals surface area contributed by atoms with Crippen LogP contribution in [-0.4, -0.2) is 39.8 Å². The second kappa shape index (κ2) is 10.9. The number of sulfonamides is 1. The third kappa shape index (κ3) is 4.64. The Hall–Kier alpha value is -4.15. The fraction of sp³-hybridized carbons (Fsp3) is 0.312. The zero-order valence-electron chi connectivity index (χ0n) is 23.9. The number of benzene rings is 3. The summed E-state index contributed by atoms with van der Waals surface area (Å²) in [5, 5.41) is 0. The number of ether oxygens (including phenoxy) is 1. The first-order chi connectivity index (χ1) is 20.2. The van der Waals surface area contributed by atoms with Crippen molar-refractivity contribution in [3.63, 3.8) is 0 Å². The van der Waals surface area contributed by atoms with Gasteiger partial charge < -0.3 is 4.74 Å². The molecule has 1 fully saturated rings. The quantitative estimate of drug-likeness (QED) is 0.321. The molecular formula is C32H34N4O5S. The van der Waals surface area contributed by atoms with Gasteiger partial charge in [0, 0.05) is 12.1 Å². The number of aromatic nitrogens is 3. The molecule has 218 valence electrons. The van der Waals surface area contributed by atoms with Crippen LogP contribution in [0.4, 0.5) is 0 Å². The summed E-state index contributed by atoms with van der Waals surface area (Å²) in [5.74, 6) is 0.527. The van der Waals surface area contributed by atoms with Gasteiger partial charge in [-0.15, -0.1) is 0 Å². The largest absolute Gasteiger partial charge is 0.496 e. The van der Waals surface area contributed by atoms with E-state index in [0.717, 1.165) is 23.1 Å². The number of rotatable bonds is 7. The minimum Gasteiger partial charge on any atom is -0.496 e. The number of para-hydroxylation sites is 1. The van der Waals surface area contributed by atoms with Gasteiger partial charge in [-0.05, 0) is 62.1 Å². The molecule has 2 aliphatic rings. The van der Waals surface area contributed by atoms with E-state index in [9.17, 15) is 18.0 Å². The highest BCUT2D eigenvalue weighted by atomic mass is 32.2. The van der Waals surface area contributed by atoms with E-state index in [0.29, 0.717) is 23.6 Å². The van der Waals surface area contributed by atoms with Gasteiger partial charge >= 0.3 is 11.4 Å². The molecule has 6 rings (SSSR count). The molecular weight excluding hydrogens is 552 g/mol. The predicted octanol–water partition coefficient (Wildman–Crippen LogP) is 4.35. The molecule has 42 heavy (non-hydrogen) atoms. The number of aryl methyl sites for hydroxylation is 2. The summed E-state index contributed by atoms with van der Waals surface area (Å²) in [4.78, 5) is 27.8. The molecule has 4 aromatic rings. The average Bonchev–Trinajstić information content (AvgIpc) is 3.26. The minimum absolute atomic E-state index is 0.0353. The highest BCUT2D eigenvalue weighted by Crippen LogP contribution is 2.44. The fourth-order valence-corrected chi connectivity index (χ4v) is 7.64. The van der Waals surface area contributed by atoms with E-state index in [1.165, 1.54) is 18.2 Å². The molecule has 0 amide bonds. The van der Waals surface area contributed by atoms with E-state index in [-0.39, 0.29) is 24.4 Å². The molecule has 2 aliphatic heterocycles. The lowest BCUT2D eigenvalue weighted by molar-refractivity contribution is 0.148. The Balaban J connectivity index is 1.53. The third-order valence-corrected chi connectivity index (χ3v) is 10.1. The number of hydrogen-bond acceptors (Lipinski definition) is 5. The smallest absolute Gasteiger partial charge is 0.352 e. The van der Waals surface area contributed by atoms with Crippen LogP contribution >= 0.6 is 0 Å². The number of allylic oxidation sites excluding steroid dienone is 1. The topological polar surface area (TPSA) is 95.5 Å². The highest BCUT2D eigenvalue weighted by molar-refractivity contribution is 7.89. The minimum atomic E-state index is -3.93. The maximum atomic E-state index is 14.2. The van der Waals surface area contributed by atoms with Gasteiger partial charge in [0.05, 0.1) is 29.3 Å².